The van der Waals surface area contributed by atoms with E-state index >= 15 is 4.39 Å². The average Bonchev–Trinajstić information content (AvgIpc) is 3.16. The molecule has 0 bridgehead atoms. The number of fused-ring (bicyclic) bond motifs is 1. The topological polar surface area (TPSA) is 119 Å². The lowest BCUT2D eigenvalue weighted by Gasteiger charge is -2.36. The summed E-state index contributed by atoms with van der Waals surface area (Å²) in [6, 6.07) is 2.75. The molecule has 1 atom stereocenters. The monoisotopic (exact) mass is 512 g/mol. The van der Waals surface area contributed by atoms with E-state index in [1.54, 1.807) is 19.0 Å². The molecule has 1 aliphatic rings. The summed E-state index contributed by atoms with van der Waals surface area (Å²) in [5, 5.41) is 15.6. The van der Waals surface area contributed by atoms with Crippen LogP contribution in [0.3, 0.4) is 0 Å². The first-order valence-corrected chi connectivity index (χ1v) is 11.1. The van der Waals surface area contributed by atoms with Crippen LogP contribution in [0.2, 0.25) is 0 Å². The molecule has 1 saturated heterocycles. The molecular weight excluding hydrogens is 487 g/mol. The molecule has 194 valence electrons. The van der Waals surface area contributed by atoms with Crippen LogP contribution in [0.1, 0.15) is 6.42 Å². The molecule has 0 unspecified atom stereocenters. The SMILES string of the molecule is CNc1nc(NC[C@H]2CCN(C)CC2(F)F)nn2cc(F)c(-c3ccc(N=N)c(NCC(F)F)n3)c12. The second kappa shape index (κ2) is 10.2. The van der Waals surface area contributed by atoms with Gasteiger partial charge in [0, 0.05) is 19.5 Å². The highest BCUT2D eigenvalue weighted by atomic mass is 19.3. The fourth-order valence-electron chi connectivity index (χ4n) is 4.15. The summed E-state index contributed by atoms with van der Waals surface area (Å²) in [6.45, 7) is -0.580. The minimum Gasteiger partial charge on any atom is -0.371 e. The molecule has 0 amide bonds. The lowest BCUT2D eigenvalue weighted by Crippen LogP contribution is -2.49. The van der Waals surface area contributed by atoms with Gasteiger partial charge in [0.25, 0.3) is 12.3 Å². The summed E-state index contributed by atoms with van der Waals surface area (Å²) in [5.41, 5.74) is 7.49. The van der Waals surface area contributed by atoms with Crippen LogP contribution in [0.15, 0.2) is 23.4 Å². The van der Waals surface area contributed by atoms with Crippen molar-refractivity contribution in [3.8, 4) is 11.3 Å². The molecule has 4 heterocycles. The Bertz CT molecular complexity index is 1250. The first kappa shape index (κ1) is 25.5. The van der Waals surface area contributed by atoms with E-state index in [4.69, 9.17) is 5.53 Å². The average molecular weight is 512 g/mol. The summed E-state index contributed by atoms with van der Waals surface area (Å²) >= 11 is 0. The third-order valence-corrected chi connectivity index (χ3v) is 5.94. The van der Waals surface area contributed by atoms with Gasteiger partial charge in [-0.25, -0.2) is 37.0 Å². The summed E-state index contributed by atoms with van der Waals surface area (Å²) in [4.78, 5) is 10.1. The van der Waals surface area contributed by atoms with Gasteiger partial charge >= 0.3 is 0 Å². The standard InChI is InChI=1S/C21H25F5N10/c1-28-19-17-16(13-3-4-14(33-27)18(31-13)29-8-15(23)24)12(22)9-36(17)34-20(32-19)30-7-11-5-6-35(2)10-21(11,25)26/h3-4,9,11,15,27H,5-8,10H2,1-2H3,(H,29,31)(H2,28,30,32,34)/t11-/m1/s1. The molecule has 0 saturated carbocycles. The summed E-state index contributed by atoms with van der Waals surface area (Å²) in [5.74, 6) is -4.39. The molecule has 1 aliphatic heterocycles. The van der Waals surface area contributed by atoms with E-state index in [1.165, 1.54) is 16.6 Å². The molecular formula is C21H25F5N10. The number of hydrogen-bond acceptors (Lipinski definition) is 9. The van der Waals surface area contributed by atoms with Crippen LogP contribution < -0.4 is 16.0 Å². The highest BCUT2D eigenvalue weighted by molar-refractivity contribution is 5.88. The van der Waals surface area contributed by atoms with E-state index in [0.717, 1.165) is 6.20 Å². The second-order valence-electron chi connectivity index (χ2n) is 8.49. The normalized spacial score (nSPS) is 17.9. The number of anilines is 3. The third-order valence-electron chi connectivity index (χ3n) is 5.94. The first-order valence-electron chi connectivity index (χ1n) is 11.1. The van der Waals surface area contributed by atoms with E-state index in [0.29, 0.717) is 13.0 Å². The number of aromatic nitrogens is 4. The maximum Gasteiger partial charge on any atom is 0.265 e. The predicted octanol–water partition coefficient (Wildman–Crippen LogP) is 4.31. The zero-order valence-electron chi connectivity index (χ0n) is 19.5. The van der Waals surface area contributed by atoms with Crippen molar-refractivity contribution >= 4 is 28.8 Å². The van der Waals surface area contributed by atoms with Gasteiger partial charge in [-0.2, -0.15) is 10.1 Å². The third kappa shape index (κ3) is 5.15. The number of likely N-dealkylation sites (tertiary alicyclic amines) is 1. The van der Waals surface area contributed by atoms with Gasteiger partial charge in [-0.15, -0.1) is 5.10 Å². The minimum atomic E-state index is -2.87. The van der Waals surface area contributed by atoms with Crippen molar-refractivity contribution in [2.24, 2.45) is 11.0 Å². The summed E-state index contributed by atoms with van der Waals surface area (Å²) in [7, 11) is 3.20. The molecule has 4 N–H and O–H groups in total. The van der Waals surface area contributed by atoms with Crippen molar-refractivity contribution in [3.63, 3.8) is 0 Å². The Balaban J connectivity index is 1.66. The van der Waals surface area contributed by atoms with Gasteiger partial charge in [0.1, 0.15) is 11.2 Å². The lowest BCUT2D eigenvalue weighted by molar-refractivity contribution is -0.100. The van der Waals surface area contributed by atoms with Crippen LogP contribution in [0.25, 0.3) is 16.8 Å². The Morgan fingerprint density at radius 3 is 2.67 bits per heavy atom. The molecule has 0 radical (unpaired) electrons. The molecule has 1 fully saturated rings. The zero-order valence-corrected chi connectivity index (χ0v) is 19.5. The quantitative estimate of drug-likeness (QED) is 0.249. The molecule has 0 aromatic carbocycles. The van der Waals surface area contributed by atoms with Gasteiger partial charge < -0.3 is 20.9 Å². The van der Waals surface area contributed by atoms with Crippen LogP contribution >= 0.6 is 0 Å². The van der Waals surface area contributed by atoms with Crippen LogP contribution in [0, 0.1) is 17.3 Å². The first-order chi connectivity index (χ1) is 17.1. The van der Waals surface area contributed by atoms with E-state index in [9.17, 15) is 17.6 Å². The van der Waals surface area contributed by atoms with E-state index in [1.807, 2.05) is 0 Å². The molecule has 3 aromatic heterocycles. The summed E-state index contributed by atoms with van der Waals surface area (Å²) < 4.78 is 70.4. The van der Waals surface area contributed by atoms with Crippen molar-refractivity contribution < 1.29 is 22.0 Å². The Hall–Kier alpha value is -3.62. The van der Waals surface area contributed by atoms with Gasteiger partial charge in [-0.1, -0.05) is 0 Å². The van der Waals surface area contributed by atoms with Gasteiger partial charge in [0.2, 0.25) is 5.95 Å². The number of piperidine rings is 1. The molecule has 0 spiro atoms. The van der Waals surface area contributed by atoms with Gasteiger partial charge in [-0.3, -0.25) is 0 Å². The zero-order chi connectivity index (χ0) is 26.0. The molecule has 4 rings (SSSR count). The van der Waals surface area contributed by atoms with Crippen LogP contribution in [0.4, 0.5) is 45.2 Å². The van der Waals surface area contributed by atoms with Crippen LogP contribution in [-0.2, 0) is 0 Å². The lowest BCUT2D eigenvalue weighted by atomic mass is 9.93. The molecule has 3 aromatic rings. The number of nitrogens with zero attached hydrogens (tertiary/aromatic N) is 6. The molecule has 10 nitrogen and oxygen atoms in total. The summed E-state index contributed by atoms with van der Waals surface area (Å²) in [6.07, 6.45) is -1.29. The van der Waals surface area contributed by atoms with Crippen molar-refractivity contribution in [1.82, 2.24) is 24.5 Å². The van der Waals surface area contributed by atoms with E-state index in [2.05, 4.69) is 36.1 Å². The van der Waals surface area contributed by atoms with Crippen molar-refractivity contribution in [2.75, 3.05) is 56.2 Å². The van der Waals surface area contributed by atoms with Gasteiger partial charge in [-0.05, 0) is 32.1 Å². The number of nitrogens with one attached hydrogen (secondary N) is 4. The second-order valence-corrected chi connectivity index (χ2v) is 8.49. The number of pyridine rings is 1. The van der Waals surface area contributed by atoms with E-state index < -0.39 is 30.6 Å². The van der Waals surface area contributed by atoms with Crippen molar-refractivity contribution in [3.05, 3.63) is 24.1 Å². The molecule has 15 heteroatoms. The van der Waals surface area contributed by atoms with Gasteiger partial charge in [0.15, 0.2) is 17.5 Å². The maximum atomic E-state index is 15.1. The molecule has 36 heavy (non-hydrogen) atoms. The Labute approximate surface area is 202 Å². The number of halogens is 5. The fraction of sp³-hybridized carbons (Fsp3) is 0.476. The van der Waals surface area contributed by atoms with E-state index in [-0.39, 0.29) is 53.1 Å². The van der Waals surface area contributed by atoms with Crippen LogP contribution in [-0.4, -0.2) is 77.1 Å². The van der Waals surface area contributed by atoms with Crippen molar-refractivity contribution in [1.29, 1.82) is 5.53 Å². The van der Waals surface area contributed by atoms with Crippen LogP contribution in [0.5, 0.6) is 0 Å². The highest BCUT2D eigenvalue weighted by Gasteiger charge is 2.43. The number of hydrogen-bond donors (Lipinski definition) is 4. The number of rotatable bonds is 9. The largest absolute Gasteiger partial charge is 0.371 e. The smallest absolute Gasteiger partial charge is 0.265 e. The highest BCUT2D eigenvalue weighted by Crippen LogP contribution is 2.36. The fourth-order valence-corrected chi connectivity index (χ4v) is 4.15. The minimum absolute atomic E-state index is 0.00519. The molecule has 0 aliphatic carbocycles. The Morgan fingerprint density at radius 1 is 1.22 bits per heavy atom. The van der Waals surface area contributed by atoms with Crippen molar-refractivity contribution in [2.45, 2.75) is 18.8 Å². The Morgan fingerprint density at radius 2 is 2.00 bits per heavy atom. The van der Waals surface area contributed by atoms with Gasteiger partial charge in [0.05, 0.1) is 30.5 Å². The number of alkyl halides is 4. The Kier molecular flexibility index (Phi) is 7.19. The maximum absolute atomic E-state index is 15.1. The predicted molar refractivity (Wildman–Crippen MR) is 124 cm³/mol.